The summed E-state index contributed by atoms with van der Waals surface area (Å²) < 4.78 is 0. The maximum atomic E-state index is 11.0. The standard InChI is InChI=1S/C12H15NO2S/c14-12(15)11-5-2-6-13(11)8-9-3-1-4-10(16)7-9/h1,3-4,7,11,16H,2,5-6,8H2,(H,14,15)/t11-/m0/s1. The Hall–Kier alpha value is -1.00. The summed E-state index contributed by atoms with van der Waals surface area (Å²) in [5, 5.41) is 9.06. The summed E-state index contributed by atoms with van der Waals surface area (Å²) in [7, 11) is 0. The zero-order valence-electron chi connectivity index (χ0n) is 8.97. The molecule has 0 aromatic heterocycles. The first kappa shape index (κ1) is 11.5. The average Bonchev–Trinajstić information content (AvgIpc) is 2.66. The molecule has 2 rings (SSSR count). The van der Waals surface area contributed by atoms with Crippen LogP contribution in [0.15, 0.2) is 29.2 Å². The zero-order valence-corrected chi connectivity index (χ0v) is 9.86. The number of carbonyl (C=O) groups is 1. The second-order valence-electron chi connectivity index (χ2n) is 4.14. The van der Waals surface area contributed by atoms with E-state index in [9.17, 15) is 4.79 Å². The van der Waals surface area contributed by atoms with Crippen molar-refractivity contribution in [2.75, 3.05) is 6.54 Å². The molecule has 0 unspecified atom stereocenters. The van der Waals surface area contributed by atoms with Gasteiger partial charge in [0.2, 0.25) is 0 Å². The molecule has 1 aliphatic heterocycles. The van der Waals surface area contributed by atoms with Gasteiger partial charge in [0, 0.05) is 11.4 Å². The fourth-order valence-electron chi connectivity index (χ4n) is 2.18. The SMILES string of the molecule is O=C(O)[C@@H]1CCCN1Cc1cccc(S)c1. The van der Waals surface area contributed by atoms with Crippen LogP contribution in [0.2, 0.25) is 0 Å². The molecule has 0 aliphatic carbocycles. The molecule has 1 aromatic carbocycles. The van der Waals surface area contributed by atoms with Crippen molar-refractivity contribution in [3.8, 4) is 0 Å². The first-order valence-electron chi connectivity index (χ1n) is 5.41. The zero-order chi connectivity index (χ0) is 11.5. The molecule has 1 aromatic rings. The maximum Gasteiger partial charge on any atom is 0.320 e. The van der Waals surface area contributed by atoms with E-state index in [2.05, 4.69) is 12.6 Å². The first-order valence-corrected chi connectivity index (χ1v) is 5.86. The Balaban J connectivity index is 2.06. The van der Waals surface area contributed by atoms with Gasteiger partial charge < -0.3 is 5.11 Å². The molecule has 1 atom stereocenters. The van der Waals surface area contributed by atoms with Gasteiger partial charge in [-0.2, -0.15) is 0 Å². The lowest BCUT2D eigenvalue weighted by Gasteiger charge is -2.21. The molecule has 4 heteroatoms. The Kier molecular flexibility index (Phi) is 3.51. The molecule has 0 saturated carbocycles. The number of carboxylic acids is 1. The van der Waals surface area contributed by atoms with E-state index < -0.39 is 5.97 Å². The smallest absolute Gasteiger partial charge is 0.320 e. The summed E-state index contributed by atoms with van der Waals surface area (Å²) in [6.07, 6.45) is 1.73. The maximum absolute atomic E-state index is 11.0. The molecule has 0 amide bonds. The van der Waals surface area contributed by atoms with Crippen molar-refractivity contribution in [3.05, 3.63) is 29.8 Å². The average molecular weight is 237 g/mol. The third-order valence-corrected chi connectivity index (χ3v) is 3.22. The summed E-state index contributed by atoms with van der Waals surface area (Å²) in [6, 6.07) is 7.55. The van der Waals surface area contributed by atoms with E-state index >= 15 is 0 Å². The van der Waals surface area contributed by atoms with Gasteiger partial charge in [-0.3, -0.25) is 9.69 Å². The number of thiol groups is 1. The number of hydrogen-bond acceptors (Lipinski definition) is 3. The summed E-state index contributed by atoms with van der Waals surface area (Å²) in [5.74, 6) is -0.709. The highest BCUT2D eigenvalue weighted by Crippen LogP contribution is 2.21. The Bertz CT molecular complexity index is 394. The summed E-state index contributed by atoms with van der Waals surface area (Å²) in [6.45, 7) is 1.57. The minimum atomic E-state index is -0.709. The van der Waals surface area contributed by atoms with Gasteiger partial charge in [0.15, 0.2) is 0 Å². The lowest BCUT2D eigenvalue weighted by Crippen LogP contribution is -2.35. The van der Waals surface area contributed by atoms with E-state index in [1.165, 1.54) is 0 Å². The third kappa shape index (κ3) is 2.57. The van der Waals surface area contributed by atoms with Gasteiger partial charge in [0.05, 0.1) is 0 Å². The van der Waals surface area contributed by atoms with Crippen molar-refractivity contribution in [1.29, 1.82) is 0 Å². The molecule has 1 N–H and O–H groups in total. The van der Waals surface area contributed by atoms with E-state index in [-0.39, 0.29) is 6.04 Å². The number of benzene rings is 1. The minimum absolute atomic E-state index is 0.316. The normalized spacial score (nSPS) is 21.2. The third-order valence-electron chi connectivity index (χ3n) is 2.94. The molecule has 0 bridgehead atoms. The topological polar surface area (TPSA) is 40.5 Å². The molecule has 1 saturated heterocycles. The van der Waals surface area contributed by atoms with Gasteiger partial charge >= 0.3 is 5.97 Å². The Morgan fingerprint density at radius 1 is 1.56 bits per heavy atom. The fourth-order valence-corrected chi connectivity index (χ4v) is 2.44. The molecule has 0 spiro atoms. The fraction of sp³-hybridized carbons (Fsp3) is 0.417. The minimum Gasteiger partial charge on any atom is -0.480 e. The van der Waals surface area contributed by atoms with Gasteiger partial charge in [-0.05, 0) is 37.1 Å². The van der Waals surface area contributed by atoms with Crippen molar-refractivity contribution in [1.82, 2.24) is 4.90 Å². The number of rotatable bonds is 3. The highest BCUT2D eigenvalue weighted by molar-refractivity contribution is 7.80. The van der Waals surface area contributed by atoms with E-state index in [4.69, 9.17) is 5.11 Å². The van der Waals surface area contributed by atoms with Crippen molar-refractivity contribution in [2.45, 2.75) is 30.3 Å². The van der Waals surface area contributed by atoms with E-state index in [0.717, 1.165) is 29.8 Å². The molecule has 1 aliphatic rings. The predicted octanol–water partition coefficient (Wildman–Crippen LogP) is 2.02. The lowest BCUT2D eigenvalue weighted by atomic mass is 10.2. The Morgan fingerprint density at radius 3 is 3.06 bits per heavy atom. The van der Waals surface area contributed by atoms with Gasteiger partial charge in [-0.15, -0.1) is 12.6 Å². The first-order chi connectivity index (χ1) is 7.66. The molecular formula is C12H15NO2S. The van der Waals surface area contributed by atoms with Crippen LogP contribution in [0.1, 0.15) is 18.4 Å². The van der Waals surface area contributed by atoms with Crippen LogP contribution in [-0.4, -0.2) is 28.6 Å². The molecule has 0 radical (unpaired) electrons. The van der Waals surface area contributed by atoms with Crippen molar-refractivity contribution in [3.63, 3.8) is 0 Å². The number of nitrogens with zero attached hydrogens (tertiary/aromatic N) is 1. The van der Waals surface area contributed by atoms with Crippen LogP contribution in [0, 0.1) is 0 Å². The molecule has 86 valence electrons. The van der Waals surface area contributed by atoms with Crippen LogP contribution >= 0.6 is 12.6 Å². The second kappa shape index (κ2) is 4.89. The van der Waals surface area contributed by atoms with Gasteiger partial charge in [0.1, 0.15) is 6.04 Å². The van der Waals surface area contributed by atoms with E-state index in [1.807, 2.05) is 29.2 Å². The van der Waals surface area contributed by atoms with Crippen LogP contribution in [0.5, 0.6) is 0 Å². The van der Waals surface area contributed by atoms with Crippen LogP contribution in [0.25, 0.3) is 0 Å². The van der Waals surface area contributed by atoms with Crippen LogP contribution in [0.3, 0.4) is 0 Å². The monoisotopic (exact) mass is 237 g/mol. The van der Waals surface area contributed by atoms with Crippen LogP contribution in [-0.2, 0) is 11.3 Å². The summed E-state index contributed by atoms with van der Waals surface area (Å²) >= 11 is 4.28. The molecule has 3 nitrogen and oxygen atoms in total. The molecule has 1 heterocycles. The number of carboxylic acid groups (broad SMARTS) is 1. The lowest BCUT2D eigenvalue weighted by molar-refractivity contribution is -0.142. The van der Waals surface area contributed by atoms with Gasteiger partial charge in [-0.25, -0.2) is 0 Å². The molecular weight excluding hydrogens is 222 g/mol. The summed E-state index contributed by atoms with van der Waals surface area (Å²) in [4.78, 5) is 14.0. The number of hydrogen-bond donors (Lipinski definition) is 2. The van der Waals surface area contributed by atoms with Gasteiger partial charge in [-0.1, -0.05) is 12.1 Å². The van der Waals surface area contributed by atoms with E-state index in [0.29, 0.717) is 6.54 Å². The molecule has 16 heavy (non-hydrogen) atoms. The predicted molar refractivity (Wildman–Crippen MR) is 64.8 cm³/mol. The largest absolute Gasteiger partial charge is 0.480 e. The number of aliphatic carboxylic acids is 1. The van der Waals surface area contributed by atoms with Crippen molar-refractivity contribution in [2.24, 2.45) is 0 Å². The van der Waals surface area contributed by atoms with Crippen LogP contribution < -0.4 is 0 Å². The van der Waals surface area contributed by atoms with E-state index in [1.54, 1.807) is 0 Å². The highest BCUT2D eigenvalue weighted by Gasteiger charge is 2.30. The Labute approximate surface area is 100 Å². The quantitative estimate of drug-likeness (QED) is 0.790. The van der Waals surface area contributed by atoms with Gasteiger partial charge in [0.25, 0.3) is 0 Å². The van der Waals surface area contributed by atoms with Crippen molar-refractivity contribution < 1.29 is 9.90 Å². The van der Waals surface area contributed by atoms with Crippen LogP contribution in [0.4, 0.5) is 0 Å². The highest BCUT2D eigenvalue weighted by atomic mass is 32.1. The Morgan fingerprint density at radius 2 is 2.38 bits per heavy atom. The summed E-state index contributed by atoms with van der Waals surface area (Å²) in [5.41, 5.74) is 1.13. The molecule has 1 fully saturated rings. The second-order valence-corrected chi connectivity index (χ2v) is 4.65. The number of likely N-dealkylation sites (tertiary alicyclic amines) is 1. The van der Waals surface area contributed by atoms with Crippen molar-refractivity contribution >= 4 is 18.6 Å².